The number of methoxy groups -OCH3 is 1. The first-order chi connectivity index (χ1) is 33.2. The largest absolute Gasteiger partial charge is 0.610 e. The fourth-order valence-electron chi connectivity index (χ4n) is 8.41. The van der Waals surface area contributed by atoms with Gasteiger partial charge in [-0.1, -0.05) is 27.2 Å². The van der Waals surface area contributed by atoms with Crippen LogP contribution in [0.5, 0.6) is 5.75 Å². The molecule has 0 radical (unpaired) electrons. The number of primary amides is 1. The number of nitrogens with two attached hydrogens (primary N) is 2. The molecule has 1 unspecified atom stereocenters. The number of aliphatic hydroxyl groups is 3. The molecule has 11 atom stereocenters. The van der Waals surface area contributed by atoms with Crippen LogP contribution in [-0.4, -0.2) is 183 Å². The molecule has 2 aromatic rings. The number of thioether (sulfide) groups is 1. The summed E-state index contributed by atoms with van der Waals surface area (Å²) in [6.07, 6.45) is -4.40. The van der Waals surface area contributed by atoms with E-state index in [1.54, 1.807) is 26.0 Å². The van der Waals surface area contributed by atoms with Gasteiger partial charge in [0.05, 0.1) is 51.0 Å². The first-order valence-corrected chi connectivity index (χ1v) is 25.2. The second kappa shape index (κ2) is 24.9. The van der Waals surface area contributed by atoms with Gasteiger partial charge in [-0.3, -0.25) is 43.2 Å². The molecule has 4 heterocycles. The molecule has 25 nitrogen and oxygen atoms in total. The molecule has 0 aliphatic carbocycles. The van der Waals surface area contributed by atoms with Gasteiger partial charge in [-0.05, 0) is 18.1 Å². The van der Waals surface area contributed by atoms with Crippen molar-refractivity contribution in [1.29, 1.82) is 0 Å². The van der Waals surface area contributed by atoms with Crippen molar-refractivity contribution in [3.05, 3.63) is 23.3 Å². The normalized spacial score (nSPS) is 27.1. The molecule has 0 saturated carbocycles. The standard InChI is InChI=1S/C43H63N11O14S2/c1-5-19(2)34-40(64)47-13-32(59)48-27-18-70(67)42-23(22-6-7-30(68-4)24(36(22)53-42)17-69-9-8-44)11-25(37(61)46-14-33(60)51-34)49-41(65)35(20(3)29(57)16-55)52-39(63)28-10-21(56)15-54(28)43(66)26(12-31(45)58)50-38(27)62/h6-7,19-21,25-29,34-35,53,55-57H,5,8-18,44H2,1-4H3,(H2,45,58)(H,46,61)(H,47,64)(H,48,59)(H,49,65)(H,50,62)(H,51,60)(H,52,63)/t19-,20-,21+,25-,26-,27-,28+,29-,34+,35-,70?/m0/s1. The number of aliphatic hydroxyl groups excluding tert-OH is 3. The van der Waals surface area contributed by atoms with E-state index in [9.17, 15) is 58.5 Å². The van der Waals surface area contributed by atoms with E-state index < -0.39 is 176 Å². The van der Waals surface area contributed by atoms with Crippen LogP contribution < -0.4 is 53.4 Å². The number of nitrogens with zero attached hydrogens (tertiary/aromatic N) is 1. The lowest BCUT2D eigenvalue weighted by atomic mass is 9.93. The third kappa shape index (κ3) is 13.4. The molecule has 1 saturated heterocycles. The van der Waals surface area contributed by atoms with E-state index >= 15 is 4.55 Å². The zero-order chi connectivity index (χ0) is 51.6. The van der Waals surface area contributed by atoms with Crippen LogP contribution in [0.1, 0.15) is 51.2 Å². The molecule has 3 aliphatic heterocycles. The number of H-pyrrole nitrogens is 1. The van der Waals surface area contributed by atoms with E-state index in [4.69, 9.17) is 16.2 Å². The van der Waals surface area contributed by atoms with Crippen LogP contribution in [0.2, 0.25) is 0 Å². The lowest BCUT2D eigenvalue weighted by Crippen LogP contribution is -2.62. The highest BCUT2D eigenvalue weighted by molar-refractivity contribution is 7.98. The van der Waals surface area contributed by atoms with Gasteiger partial charge >= 0.3 is 0 Å². The summed E-state index contributed by atoms with van der Waals surface area (Å²) in [6, 6.07) is -6.72. The second-order valence-corrected chi connectivity index (χ2v) is 20.0. The highest BCUT2D eigenvalue weighted by atomic mass is 32.2. The lowest BCUT2D eigenvalue weighted by Gasteiger charge is -2.32. The summed E-state index contributed by atoms with van der Waals surface area (Å²) < 4.78 is 20.7. The molecule has 5 rings (SSSR count). The molecule has 1 aromatic heterocycles. The molecule has 1 aromatic carbocycles. The lowest BCUT2D eigenvalue weighted by molar-refractivity contribution is -0.144. The van der Waals surface area contributed by atoms with Crippen LogP contribution in [-0.2, 0) is 66.5 Å². The Kier molecular flexibility index (Phi) is 19.6. The Morgan fingerprint density at radius 3 is 2.26 bits per heavy atom. The van der Waals surface area contributed by atoms with E-state index in [1.165, 1.54) is 25.8 Å². The first kappa shape index (κ1) is 55.2. The Morgan fingerprint density at radius 1 is 0.929 bits per heavy atom. The minimum atomic E-state index is -2.39. The fourth-order valence-corrected chi connectivity index (χ4v) is 10.6. The molecule has 3 aliphatic rings. The predicted octanol–water partition coefficient (Wildman–Crippen LogP) is -5.43. The van der Waals surface area contributed by atoms with Crippen molar-refractivity contribution in [3.8, 4) is 5.75 Å². The van der Waals surface area contributed by atoms with Crippen molar-refractivity contribution in [2.24, 2.45) is 23.3 Å². The molecule has 386 valence electrons. The summed E-state index contributed by atoms with van der Waals surface area (Å²) in [4.78, 5) is 129. The average molecular weight is 1020 g/mol. The highest BCUT2D eigenvalue weighted by Gasteiger charge is 2.45. The molecule has 0 spiro atoms. The molecule has 9 amide bonds. The van der Waals surface area contributed by atoms with Crippen molar-refractivity contribution in [2.75, 3.05) is 51.4 Å². The quantitative estimate of drug-likeness (QED) is 0.0697. The van der Waals surface area contributed by atoms with Gasteiger partial charge < -0.3 is 83.2 Å². The smallest absolute Gasteiger partial charge is 0.248 e. The second-order valence-electron chi connectivity index (χ2n) is 17.4. The van der Waals surface area contributed by atoms with Crippen LogP contribution in [0.4, 0.5) is 0 Å². The van der Waals surface area contributed by atoms with Gasteiger partial charge in [0.15, 0.2) is 6.04 Å². The predicted molar refractivity (Wildman–Crippen MR) is 252 cm³/mol. The molecule has 1 fully saturated rings. The van der Waals surface area contributed by atoms with Gasteiger partial charge in [0.25, 0.3) is 0 Å². The molecule has 2 bridgehead atoms. The van der Waals surface area contributed by atoms with E-state index in [-0.39, 0.29) is 10.6 Å². The highest BCUT2D eigenvalue weighted by Crippen LogP contribution is 2.37. The maximum Gasteiger partial charge on any atom is 0.248 e. The van der Waals surface area contributed by atoms with Crippen molar-refractivity contribution in [1.82, 2.24) is 47.1 Å². The third-order valence-corrected chi connectivity index (χ3v) is 15.0. The van der Waals surface area contributed by atoms with Gasteiger partial charge in [0.1, 0.15) is 41.7 Å². The van der Waals surface area contributed by atoms with Crippen LogP contribution in [0.15, 0.2) is 17.2 Å². The van der Waals surface area contributed by atoms with Gasteiger partial charge in [-0.25, -0.2) is 0 Å². The number of aromatic amines is 1. The van der Waals surface area contributed by atoms with Crippen molar-refractivity contribution in [3.63, 3.8) is 0 Å². The Labute approximate surface area is 410 Å². The number of benzene rings is 1. The van der Waals surface area contributed by atoms with E-state index in [0.717, 1.165) is 4.90 Å². The van der Waals surface area contributed by atoms with Gasteiger partial charge in [0, 0.05) is 71.0 Å². The minimum absolute atomic E-state index is 0.107. The molecule has 70 heavy (non-hydrogen) atoms. The number of hydrogen-bond acceptors (Lipinski definition) is 16. The van der Waals surface area contributed by atoms with Gasteiger partial charge in [-0.15, -0.1) is 0 Å². The molecular weight excluding hydrogens is 959 g/mol. The van der Waals surface area contributed by atoms with E-state index in [1.807, 2.05) is 0 Å². The van der Waals surface area contributed by atoms with E-state index in [2.05, 4.69) is 42.2 Å². The van der Waals surface area contributed by atoms with Crippen molar-refractivity contribution in [2.45, 2.75) is 106 Å². The maximum absolute atomic E-state index is 15.0. The van der Waals surface area contributed by atoms with Crippen LogP contribution in [0.3, 0.4) is 0 Å². The minimum Gasteiger partial charge on any atom is -0.610 e. The summed E-state index contributed by atoms with van der Waals surface area (Å²) >= 11 is -0.941. The van der Waals surface area contributed by atoms with Crippen LogP contribution >= 0.6 is 11.8 Å². The van der Waals surface area contributed by atoms with Crippen LogP contribution in [0, 0.1) is 11.8 Å². The number of rotatable bonds is 12. The topological polar surface area (TPSA) is 402 Å². The number of nitrogens with one attached hydrogen (secondary N) is 8. The average Bonchev–Trinajstić information content (AvgIpc) is 3.91. The Morgan fingerprint density at radius 2 is 1.61 bits per heavy atom. The number of fused-ring (bicyclic) bond motifs is 5. The van der Waals surface area contributed by atoms with E-state index in [0.29, 0.717) is 46.7 Å². The number of carbonyl (C=O) groups is 9. The van der Waals surface area contributed by atoms with Gasteiger partial charge in [-0.2, -0.15) is 11.8 Å². The summed E-state index contributed by atoms with van der Waals surface area (Å²) in [6.45, 7) is 2.15. The Hall–Kier alpha value is -5.71. The fraction of sp³-hybridized carbons (Fsp3) is 0.605. The van der Waals surface area contributed by atoms with Crippen LogP contribution in [0.25, 0.3) is 10.9 Å². The zero-order valence-electron chi connectivity index (χ0n) is 39.2. The Bertz CT molecular complexity index is 2300. The molecular formula is C43H63N11O14S2. The third-order valence-electron chi connectivity index (χ3n) is 12.5. The number of hydrogen-bond donors (Lipinski definition) is 13. The SMILES string of the molecule is CC[C@H](C)[C@H]1NC(=O)CNC(=O)[C@@H]2Cc3c([nH]c4c(CSCCN)c(OC)ccc34)[S+]([O-])C[C@H](NC(=O)CNC1=O)C(=O)N[C@@H](CC(N)=O)C(=O)N1C[C@H](O)C[C@@H]1C(=O)N[C@@H]([C@@H](C)[C@@H](O)CO)C(=O)N2. The molecule has 15 N–H and O–H groups in total. The summed E-state index contributed by atoms with van der Waals surface area (Å²) in [5, 5.41) is 49.3. The number of amides is 9. The van der Waals surface area contributed by atoms with Crippen molar-refractivity contribution < 1.29 is 67.8 Å². The number of ether oxygens (including phenoxy) is 1. The first-order valence-electron chi connectivity index (χ1n) is 22.7. The van der Waals surface area contributed by atoms with Gasteiger partial charge in [0.2, 0.25) is 58.2 Å². The summed E-state index contributed by atoms with van der Waals surface area (Å²) in [5.74, 6) is -10.5. The zero-order valence-corrected chi connectivity index (χ0v) is 40.8. The molecule has 27 heteroatoms. The summed E-state index contributed by atoms with van der Waals surface area (Å²) in [5.41, 5.74) is 12.4. The van der Waals surface area contributed by atoms with Crippen molar-refractivity contribution >= 4 is 87.0 Å². The monoisotopic (exact) mass is 1020 g/mol. The summed E-state index contributed by atoms with van der Waals surface area (Å²) in [7, 11) is 1.44. The maximum atomic E-state index is 15.0. The number of carbonyl (C=O) groups excluding carboxylic acids is 9. The number of aromatic nitrogens is 1. The Balaban J connectivity index is 1.79.